The van der Waals surface area contributed by atoms with Gasteiger partial charge < -0.3 is 0 Å². The van der Waals surface area contributed by atoms with Gasteiger partial charge in [0.05, 0.1) is 23.7 Å². The van der Waals surface area contributed by atoms with Crippen LogP contribution in [0, 0.1) is 5.92 Å². The zero-order valence-corrected chi connectivity index (χ0v) is 11.3. The molecule has 0 saturated carbocycles. The van der Waals surface area contributed by atoms with E-state index in [0.29, 0.717) is 19.4 Å². The van der Waals surface area contributed by atoms with Gasteiger partial charge in [0.1, 0.15) is 0 Å². The molecule has 1 N–H and O–H groups in total. The summed E-state index contributed by atoms with van der Waals surface area (Å²) in [5.41, 5.74) is 3.86. The maximum Gasteiger partial charge on any atom is 0.235 e. The normalized spacial score (nSPS) is 21.1. The highest BCUT2D eigenvalue weighted by molar-refractivity contribution is 6.19. The third-order valence-electron chi connectivity index (χ3n) is 4.09. The van der Waals surface area contributed by atoms with Crippen molar-refractivity contribution in [1.29, 1.82) is 0 Å². The van der Waals surface area contributed by atoms with E-state index in [9.17, 15) is 9.59 Å². The maximum atomic E-state index is 12.0. The average Bonchev–Trinajstić information content (AvgIpc) is 2.88. The molecule has 21 heavy (non-hydrogen) atoms. The van der Waals surface area contributed by atoms with E-state index >= 15 is 0 Å². The fourth-order valence-electron chi connectivity index (χ4n) is 3.04. The summed E-state index contributed by atoms with van der Waals surface area (Å²) in [6.07, 6.45) is 2.68. The largest absolute Gasteiger partial charge is 0.296 e. The predicted molar refractivity (Wildman–Crippen MR) is 77.9 cm³/mol. The first-order valence-corrected chi connectivity index (χ1v) is 6.98. The summed E-state index contributed by atoms with van der Waals surface area (Å²) in [5, 5.41) is 3.44. The quantitative estimate of drug-likeness (QED) is 0.806. The lowest BCUT2D eigenvalue weighted by molar-refractivity contribution is -0.134. The number of rotatable bonds is 1. The molecule has 1 saturated heterocycles. The molecule has 104 valence electrons. The van der Waals surface area contributed by atoms with E-state index < -0.39 is 0 Å². The van der Waals surface area contributed by atoms with Crippen LogP contribution in [0.5, 0.6) is 0 Å². The third-order valence-corrected chi connectivity index (χ3v) is 4.09. The number of hydrogen-bond acceptors (Lipinski definition) is 4. The van der Waals surface area contributed by atoms with Crippen LogP contribution >= 0.6 is 0 Å². The van der Waals surface area contributed by atoms with Crippen molar-refractivity contribution in [2.24, 2.45) is 10.9 Å². The number of aliphatic imine (C=N–C) groups is 1. The van der Waals surface area contributed by atoms with Gasteiger partial charge in [0.2, 0.25) is 11.8 Å². The molecule has 1 unspecified atom stereocenters. The van der Waals surface area contributed by atoms with Crippen LogP contribution in [0.3, 0.4) is 0 Å². The zero-order valence-electron chi connectivity index (χ0n) is 11.3. The van der Waals surface area contributed by atoms with Crippen LogP contribution < -0.4 is 5.32 Å². The number of nitrogens with one attached hydrogen (secondary N) is 1. The molecule has 0 aliphatic carbocycles. The van der Waals surface area contributed by atoms with E-state index in [0.717, 1.165) is 27.7 Å². The van der Waals surface area contributed by atoms with Gasteiger partial charge in [-0.3, -0.25) is 24.9 Å². The van der Waals surface area contributed by atoms with Crippen LogP contribution in [0.15, 0.2) is 35.5 Å². The SMILES string of the molecule is O=C1CCC(C2=NCc3cc4ncccc4cc32)C(=O)N1. The van der Waals surface area contributed by atoms with Crippen molar-refractivity contribution in [2.45, 2.75) is 19.4 Å². The summed E-state index contributed by atoms with van der Waals surface area (Å²) in [6, 6.07) is 7.98. The second kappa shape index (κ2) is 4.48. The Labute approximate surface area is 121 Å². The lowest BCUT2D eigenvalue weighted by Crippen LogP contribution is -2.43. The van der Waals surface area contributed by atoms with E-state index in [4.69, 9.17) is 0 Å². The van der Waals surface area contributed by atoms with Crippen molar-refractivity contribution < 1.29 is 9.59 Å². The molecule has 0 spiro atoms. The molecule has 4 rings (SSSR count). The molecular weight excluding hydrogens is 266 g/mol. The Kier molecular flexibility index (Phi) is 2.60. The standard InChI is InChI=1S/C16H13N3O2/c20-14-4-3-11(16(21)19-14)15-12-6-9-2-1-5-17-13(9)7-10(12)8-18-15/h1-2,5-7,11H,3-4,8H2,(H,19,20,21). The van der Waals surface area contributed by atoms with Crippen LogP contribution in [0.1, 0.15) is 24.0 Å². The number of aromatic nitrogens is 1. The summed E-state index contributed by atoms with van der Waals surface area (Å²) >= 11 is 0. The number of imide groups is 1. The highest BCUT2D eigenvalue weighted by Gasteiger charge is 2.34. The first kappa shape index (κ1) is 12.2. The zero-order chi connectivity index (χ0) is 14.4. The molecule has 5 heteroatoms. The first-order chi connectivity index (χ1) is 10.2. The fraction of sp³-hybridized carbons (Fsp3) is 0.250. The molecule has 1 aromatic carbocycles. The summed E-state index contributed by atoms with van der Waals surface area (Å²) < 4.78 is 0. The molecular formula is C16H13N3O2. The summed E-state index contributed by atoms with van der Waals surface area (Å²) in [7, 11) is 0. The molecule has 0 bridgehead atoms. The number of benzene rings is 1. The van der Waals surface area contributed by atoms with Crippen LogP contribution in [0.4, 0.5) is 0 Å². The van der Waals surface area contributed by atoms with Crippen molar-refractivity contribution >= 4 is 28.4 Å². The molecule has 2 aliphatic rings. The number of amides is 2. The van der Waals surface area contributed by atoms with E-state index in [1.807, 2.05) is 24.3 Å². The molecule has 2 amide bonds. The van der Waals surface area contributed by atoms with Gasteiger partial charge in [-0.15, -0.1) is 0 Å². The van der Waals surface area contributed by atoms with Crippen LogP contribution in [-0.2, 0) is 16.1 Å². The van der Waals surface area contributed by atoms with Gasteiger partial charge in [0.15, 0.2) is 0 Å². The molecule has 2 aliphatic heterocycles. The van der Waals surface area contributed by atoms with Gasteiger partial charge in [0.25, 0.3) is 0 Å². The van der Waals surface area contributed by atoms with Crippen molar-refractivity contribution in [2.75, 3.05) is 0 Å². The van der Waals surface area contributed by atoms with Crippen molar-refractivity contribution in [3.63, 3.8) is 0 Å². The lowest BCUT2D eigenvalue weighted by atomic mass is 9.88. The molecule has 0 radical (unpaired) electrons. The van der Waals surface area contributed by atoms with E-state index in [2.05, 4.69) is 15.3 Å². The van der Waals surface area contributed by atoms with Crippen LogP contribution in [-0.4, -0.2) is 22.5 Å². The second-order valence-corrected chi connectivity index (χ2v) is 5.41. The number of hydrogen-bond donors (Lipinski definition) is 1. The number of piperidine rings is 1. The van der Waals surface area contributed by atoms with Gasteiger partial charge in [-0.05, 0) is 30.2 Å². The van der Waals surface area contributed by atoms with Gasteiger partial charge in [0, 0.05) is 23.6 Å². The van der Waals surface area contributed by atoms with Crippen LogP contribution in [0.2, 0.25) is 0 Å². The van der Waals surface area contributed by atoms with Crippen molar-refractivity contribution in [1.82, 2.24) is 10.3 Å². The Bertz CT molecular complexity index is 810. The van der Waals surface area contributed by atoms with Crippen LogP contribution in [0.25, 0.3) is 10.9 Å². The number of nitrogens with zero attached hydrogens (tertiary/aromatic N) is 2. The minimum Gasteiger partial charge on any atom is -0.296 e. The Balaban J connectivity index is 1.77. The Hall–Kier alpha value is -2.56. The van der Waals surface area contributed by atoms with Crippen molar-refractivity contribution in [3.8, 4) is 0 Å². The monoisotopic (exact) mass is 279 g/mol. The molecule has 3 heterocycles. The Morgan fingerprint density at radius 2 is 2.14 bits per heavy atom. The summed E-state index contributed by atoms with van der Waals surface area (Å²) in [5.74, 6) is -0.750. The smallest absolute Gasteiger partial charge is 0.235 e. The molecule has 1 fully saturated rings. The summed E-state index contributed by atoms with van der Waals surface area (Å²) in [6.45, 7) is 0.578. The molecule has 1 aromatic heterocycles. The summed E-state index contributed by atoms with van der Waals surface area (Å²) in [4.78, 5) is 32.2. The second-order valence-electron chi connectivity index (χ2n) is 5.41. The van der Waals surface area contributed by atoms with Gasteiger partial charge in [-0.2, -0.15) is 0 Å². The molecule has 2 aromatic rings. The van der Waals surface area contributed by atoms with Gasteiger partial charge >= 0.3 is 0 Å². The topological polar surface area (TPSA) is 71.4 Å². The number of carbonyl (C=O) groups is 2. The highest BCUT2D eigenvalue weighted by Crippen LogP contribution is 2.29. The number of pyridine rings is 1. The number of fused-ring (bicyclic) bond motifs is 2. The highest BCUT2D eigenvalue weighted by atomic mass is 16.2. The molecule has 1 atom stereocenters. The average molecular weight is 279 g/mol. The first-order valence-electron chi connectivity index (χ1n) is 6.98. The Morgan fingerprint density at radius 1 is 1.24 bits per heavy atom. The number of carbonyl (C=O) groups excluding carboxylic acids is 2. The third kappa shape index (κ3) is 1.93. The van der Waals surface area contributed by atoms with Gasteiger partial charge in [-0.25, -0.2) is 0 Å². The minimum absolute atomic E-state index is 0.196. The minimum atomic E-state index is -0.321. The van der Waals surface area contributed by atoms with E-state index in [1.54, 1.807) is 6.20 Å². The van der Waals surface area contributed by atoms with E-state index in [-0.39, 0.29) is 17.7 Å². The van der Waals surface area contributed by atoms with Gasteiger partial charge in [-0.1, -0.05) is 6.07 Å². The molecule has 5 nitrogen and oxygen atoms in total. The fourth-order valence-corrected chi connectivity index (χ4v) is 3.04. The Morgan fingerprint density at radius 3 is 3.00 bits per heavy atom. The van der Waals surface area contributed by atoms with E-state index in [1.165, 1.54) is 0 Å². The van der Waals surface area contributed by atoms with Crippen molar-refractivity contribution in [3.05, 3.63) is 41.6 Å². The lowest BCUT2D eigenvalue weighted by Gasteiger charge is -2.21. The maximum absolute atomic E-state index is 12.0. The predicted octanol–water partition coefficient (Wildman–Crippen LogP) is 1.59.